The number of Topliss-reactive ketones (excluding diaryl/α,β-unsaturated/α-hetero) is 1. The van der Waals surface area contributed by atoms with Gasteiger partial charge < -0.3 is 10.1 Å². The molecular weight excluding hydrogens is 422 g/mol. The Balaban J connectivity index is 1.74. The van der Waals surface area contributed by atoms with Gasteiger partial charge in [-0.25, -0.2) is 21.6 Å². The molecule has 162 valence electrons. The van der Waals surface area contributed by atoms with Crippen LogP contribution in [0.15, 0.2) is 29.2 Å². The summed E-state index contributed by atoms with van der Waals surface area (Å²) < 4.78 is 57.4. The van der Waals surface area contributed by atoms with Crippen LogP contribution in [0, 0.1) is 0 Å². The van der Waals surface area contributed by atoms with Gasteiger partial charge in [-0.1, -0.05) is 12.1 Å². The second-order valence-electron chi connectivity index (χ2n) is 6.41. The summed E-state index contributed by atoms with van der Waals surface area (Å²) in [6.07, 6.45) is -0.137. The van der Waals surface area contributed by atoms with Gasteiger partial charge in [0, 0.05) is 38.2 Å². The van der Waals surface area contributed by atoms with Crippen molar-refractivity contribution in [1.29, 1.82) is 0 Å². The third-order valence-corrected chi connectivity index (χ3v) is 7.61. The maximum Gasteiger partial charge on any atom is 0.240 e. The molecule has 0 aliphatic carbocycles. The minimum absolute atomic E-state index is 0.0143. The molecule has 1 saturated heterocycles. The lowest BCUT2D eigenvalue weighted by Crippen LogP contribution is -2.44. The lowest BCUT2D eigenvalue weighted by atomic mass is 10.2. The van der Waals surface area contributed by atoms with Crippen LogP contribution in [0.1, 0.15) is 23.7 Å². The van der Waals surface area contributed by atoms with Gasteiger partial charge in [-0.05, 0) is 19.1 Å². The molecule has 1 aliphatic rings. The number of amides is 1. The smallest absolute Gasteiger partial charge is 0.240 e. The third kappa shape index (κ3) is 7.16. The summed E-state index contributed by atoms with van der Waals surface area (Å²) in [6.45, 7) is 2.48. The lowest BCUT2D eigenvalue weighted by molar-refractivity contribution is -0.120. The van der Waals surface area contributed by atoms with E-state index in [-0.39, 0.29) is 35.9 Å². The summed E-state index contributed by atoms with van der Waals surface area (Å²) >= 11 is 0. The van der Waals surface area contributed by atoms with Crippen LogP contribution < -0.4 is 10.0 Å². The topological polar surface area (TPSA) is 139 Å². The fraction of sp³-hybridized carbons (Fsp3) is 0.529. The summed E-state index contributed by atoms with van der Waals surface area (Å²) in [5.74, 6) is -0.863. The summed E-state index contributed by atoms with van der Waals surface area (Å²) in [4.78, 5) is 23.1. The lowest BCUT2D eigenvalue weighted by Gasteiger charge is -2.26. The second kappa shape index (κ2) is 10.3. The van der Waals surface area contributed by atoms with Crippen LogP contribution in [0.2, 0.25) is 0 Å². The number of nitrogens with zero attached hydrogens (tertiary/aromatic N) is 1. The normalized spacial score (nSPS) is 15.8. The summed E-state index contributed by atoms with van der Waals surface area (Å²) in [7, 11) is -7.28. The standard InChI is InChI=1S/C17H25N3O7S2/c1-14(21)15-2-4-16(5-3-15)29(25,26)19-7-6-17(22)18-8-13-28(23,24)20-9-11-27-12-10-20/h2-5,19H,6-13H2,1H3,(H,18,22). The van der Waals surface area contributed by atoms with Gasteiger partial charge in [0.25, 0.3) is 0 Å². The van der Waals surface area contributed by atoms with Crippen molar-refractivity contribution in [3.05, 3.63) is 29.8 Å². The molecule has 0 unspecified atom stereocenters. The molecule has 1 heterocycles. The van der Waals surface area contributed by atoms with E-state index in [1.165, 1.54) is 35.5 Å². The highest BCUT2D eigenvalue weighted by Gasteiger charge is 2.24. The Kier molecular flexibility index (Phi) is 8.28. The first-order valence-corrected chi connectivity index (χ1v) is 12.1. The average Bonchev–Trinajstić information content (AvgIpc) is 2.68. The number of carbonyl (C=O) groups excluding carboxylic acids is 2. The van der Waals surface area contributed by atoms with E-state index >= 15 is 0 Å². The minimum Gasteiger partial charge on any atom is -0.379 e. The first kappa shape index (κ1) is 23.4. The first-order chi connectivity index (χ1) is 13.6. The Bertz CT molecular complexity index is 922. The van der Waals surface area contributed by atoms with Crippen LogP contribution in [0.25, 0.3) is 0 Å². The van der Waals surface area contributed by atoms with Gasteiger partial charge in [-0.2, -0.15) is 4.31 Å². The third-order valence-electron chi connectivity index (χ3n) is 4.26. The van der Waals surface area contributed by atoms with Crippen molar-refractivity contribution in [3.63, 3.8) is 0 Å². The van der Waals surface area contributed by atoms with Gasteiger partial charge in [0.15, 0.2) is 5.78 Å². The van der Waals surface area contributed by atoms with Crippen molar-refractivity contribution in [3.8, 4) is 0 Å². The van der Waals surface area contributed by atoms with Gasteiger partial charge in [0.05, 0.1) is 23.9 Å². The summed E-state index contributed by atoms with van der Waals surface area (Å²) in [5.41, 5.74) is 0.398. The molecule has 2 N–H and O–H groups in total. The predicted molar refractivity (Wildman–Crippen MR) is 105 cm³/mol. The van der Waals surface area contributed by atoms with Crippen molar-refractivity contribution < 1.29 is 31.2 Å². The highest BCUT2D eigenvalue weighted by atomic mass is 32.2. The van der Waals surface area contributed by atoms with Crippen molar-refractivity contribution in [2.75, 3.05) is 45.1 Å². The number of nitrogens with one attached hydrogen (secondary N) is 2. The predicted octanol–water partition coefficient (Wildman–Crippen LogP) is -0.664. The highest BCUT2D eigenvalue weighted by Crippen LogP contribution is 2.11. The van der Waals surface area contributed by atoms with Crippen LogP contribution in [0.3, 0.4) is 0 Å². The molecule has 0 spiro atoms. The molecule has 29 heavy (non-hydrogen) atoms. The van der Waals surface area contributed by atoms with Gasteiger partial charge in [-0.15, -0.1) is 0 Å². The molecule has 0 saturated carbocycles. The molecule has 1 amide bonds. The zero-order valence-electron chi connectivity index (χ0n) is 16.1. The molecule has 1 aliphatic heterocycles. The van der Waals surface area contributed by atoms with E-state index in [0.717, 1.165) is 0 Å². The van der Waals surface area contributed by atoms with Crippen LogP contribution in [0.5, 0.6) is 0 Å². The van der Waals surface area contributed by atoms with E-state index in [2.05, 4.69) is 10.0 Å². The Labute approximate surface area is 170 Å². The summed E-state index contributed by atoms with van der Waals surface area (Å²) in [5, 5.41) is 2.48. The van der Waals surface area contributed by atoms with Crippen LogP contribution in [-0.2, 0) is 29.6 Å². The monoisotopic (exact) mass is 447 g/mol. The fourth-order valence-corrected chi connectivity index (χ4v) is 4.97. The molecule has 0 bridgehead atoms. The van der Waals surface area contributed by atoms with Crippen LogP contribution in [0.4, 0.5) is 0 Å². The Morgan fingerprint density at radius 1 is 1.03 bits per heavy atom. The number of ether oxygens (including phenoxy) is 1. The molecule has 1 fully saturated rings. The Hall–Kier alpha value is -1.86. The number of carbonyl (C=O) groups is 2. The molecule has 0 aromatic heterocycles. The number of rotatable bonds is 10. The van der Waals surface area contributed by atoms with E-state index in [1.54, 1.807) is 0 Å². The molecule has 12 heteroatoms. The van der Waals surface area contributed by atoms with Gasteiger partial charge >= 0.3 is 0 Å². The first-order valence-electron chi connectivity index (χ1n) is 9.05. The molecular formula is C17H25N3O7S2. The maximum atomic E-state index is 12.2. The SMILES string of the molecule is CC(=O)c1ccc(S(=O)(=O)NCCC(=O)NCCS(=O)(=O)N2CCOCC2)cc1. The van der Waals surface area contributed by atoms with E-state index < -0.39 is 26.0 Å². The van der Waals surface area contributed by atoms with Crippen molar-refractivity contribution in [2.45, 2.75) is 18.2 Å². The number of sulfonamides is 2. The quantitative estimate of drug-likeness (QED) is 0.454. The van der Waals surface area contributed by atoms with Crippen molar-refractivity contribution in [1.82, 2.24) is 14.3 Å². The number of benzene rings is 1. The zero-order chi connectivity index (χ0) is 21.5. The number of morpholine rings is 1. The molecule has 0 radical (unpaired) electrons. The number of hydrogen-bond donors (Lipinski definition) is 2. The average molecular weight is 448 g/mol. The van der Waals surface area contributed by atoms with Gasteiger partial charge in [-0.3, -0.25) is 9.59 Å². The Morgan fingerprint density at radius 2 is 1.66 bits per heavy atom. The molecule has 1 aromatic rings. The van der Waals surface area contributed by atoms with E-state index in [9.17, 15) is 26.4 Å². The van der Waals surface area contributed by atoms with Crippen molar-refractivity contribution in [2.24, 2.45) is 0 Å². The van der Waals surface area contributed by atoms with E-state index in [4.69, 9.17) is 4.74 Å². The van der Waals surface area contributed by atoms with Gasteiger partial charge in [0.2, 0.25) is 26.0 Å². The molecule has 10 nitrogen and oxygen atoms in total. The van der Waals surface area contributed by atoms with Crippen LogP contribution in [-0.4, -0.2) is 78.0 Å². The summed E-state index contributed by atoms with van der Waals surface area (Å²) in [6, 6.07) is 5.46. The minimum atomic E-state index is -3.81. The Morgan fingerprint density at radius 3 is 2.24 bits per heavy atom. The van der Waals surface area contributed by atoms with E-state index in [1.807, 2.05) is 0 Å². The fourth-order valence-electron chi connectivity index (χ4n) is 2.61. The second-order valence-corrected chi connectivity index (χ2v) is 10.3. The molecule has 1 aromatic carbocycles. The number of ketones is 1. The number of hydrogen-bond acceptors (Lipinski definition) is 7. The van der Waals surface area contributed by atoms with Crippen molar-refractivity contribution >= 4 is 31.7 Å². The largest absolute Gasteiger partial charge is 0.379 e. The van der Waals surface area contributed by atoms with E-state index in [0.29, 0.717) is 31.9 Å². The van der Waals surface area contributed by atoms with Crippen LogP contribution >= 0.6 is 0 Å². The van der Waals surface area contributed by atoms with Gasteiger partial charge in [0.1, 0.15) is 0 Å². The highest BCUT2D eigenvalue weighted by molar-refractivity contribution is 7.89. The maximum absolute atomic E-state index is 12.2. The molecule has 0 atom stereocenters. The molecule has 2 rings (SSSR count). The zero-order valence-corrected chi connectivity index (χ0v) is 17.7.